The molecule has 2 atom stereocenters. The number of nitrogens with zero attached hydrogens (tertiary/aromatic N) is 2. The maximum Gasteiger partial charge on any atom is 0.299 e. The smallest absolute Gasteiger partial charge is 0.299 e. The number of benzene rings is 1. The van der Waals surface area contributed by atoms with Crippen LogP contribution in [0, 0.1) is 11.8 Å². The summed E-state index contributed by atoms with van der Waals surface area (Å²) in [4.78, 5) is 13.9. The Morgan fingerprint density at radius 3 is 2.77 bits per heavy atom. The lowest BCUT2D eigenvalue weighted by molar-refractivity contribution is 0.0957. The SMILES string of the molecule is CNC(=O)c1ccc(NCC#Cc2cc3c(N[C@@H]4CCN(C)C[C@@H]4F)ccc4n3c2SC(F)(F)CC4)c(OC)c1. The molecule has 0 spiro atoms. The van der Waals surface area contributed by atoms with E-state index in [4.69, 9.17) is 4.74 Å². The molecular weight excluding hydrogens is 539 g/mol. The summed E-state index contributed by atoms with van der Waals surface area (Å²) in [5.41, 5.74) is 3.80. The highest BCUT2D eigenvalue weighted by molar-refractivity contribution is 8.00. The number of amides is 1. The van der Waals surface area contributed by atoms with Crippen molar-refractivity contribution in [2.75, 3.05) is 51.5 Å². The maximum atomic E-state index is 14.8. The van der Waals surface area contributed by atoms with E-state index >= 15 is 0 Å². The van der Waals surface area contributed by atoms with Gasteiger partial charge in [0.15, 0.2) is 0 Å². The fraction of sp³-hybridized carbons (Fsp3) is 0.414. The van der Waals surface area contributed by atoms with Crippen LogP contribution >= 0.6 is 11.8 Å². The van der Waals surface area contributed by atoms with Gasteiger partial charge in [0.05, 0.1) is 42.2 Å². The van der Waals surface area contributed by atoms with E-state index in [1.54, 1.807) is 25.2 Å². The molecule has 1 aromatic carbocycles. The molecule has 40 heavy (non-hydrogen) atoms. The van der Waals surface area contributed by atoms with E-state index < -0.39 is 11.4 Å². The second-order valence-corrected chi connectivity index (χ2v) is 11.2. The van der Waals surface area contributed by atoms with Crippen molar-refractivity contribution in [3.63, 3.8) is 0 Å². The number of aromatic nitrogens is 1. The lowest BCUT2D eigenvalue weighted by Gasteiger charge is -2.33. The van der Waals surface area contributed by atoms with Gasteiger partial charge >= 0.3 is 0 Å². The van der Waals surface area contributed by atoms with Gasteiger partial charge in [0.1, 0.15) is 16.9 Å². The number of rotatable bonds is 6. The van der Waals surface area contributed by atoms with Crippen LogP contribution in [0.3, 0.4) is 0 Å². The Morgan fingerprint density at radius 2 is 2.02 bits per heavy atom. The molecule has 0 bridgehead atoms. The number of methoxy groups -OCH3 is 1. The summed E-state index contributed by atoms with van der Waals surface area (Å²) in [6.45, 7) is 1.35. The zero-order valence-electron chi connectivity index (χ0n) is 22.6. The monoisotopic (exact) mass is 571 g/mol. The molecule has 3 N–H and O–H groups in total. The molecular formula is C29H32F3N5O2S. The summed E-state index contributed by atoms with van der Waals surface area (Å²) in [6.07, 6.45) is -0.436. The van der Waals surface area contributed by atoms with Gasteiger partial charge in [0.25, 0.3) is 11.2 Å². The number of hydrogen-bond donors (Lipinski definition) is 3. The van der Waals surface area contributed by atoms with E-state index in [2.05, 4.69) is 27.8 Å². The number of carbonyl (C=O) groups is 1. The summed E-state index contributed by atoms with van der Waals surface area (Å²) in [7, 11) is 4.97. The number of hydrogen-bond acceptors (Lipinski definition) is 6. The summed E-state index contributed by atoms with van der Waals surface area (Å²) < 4.78 is 51.6. The molecule has 1 fully saturated rings. The average Bonchev–Trinajstić information content (AvgIpc) is 3.21. The van der Waals surface area contributed by atoms with Crippen molar-refractivity contribution >= 4 is 34.6 Å². The van der Waals surface area contributed by atoms with Crippen LogP contribution in [0.15, 0.2) is 41.4 Å². The number of carbonyl (C=O) groups excluding carboxylic acids is 1. The van der Waals surface area contributed by atoms with Crippen molar-refractivity contribution < 1.29 is 22.7 Å². The molecule has 0 aliphatic carbocycles. The van der Waals surface area contributed by atoms with Gasteiger partial charge in [0, 0.05) is 37.8 Å². The topological polar surface area (TPSA) is 70.0 Å². The van der Waals surface area contributed by atoms with Crippen LogP contribution < -0.4 is 20.7 Å². The number of nitrogens with one attached hydrogen (secondary N) is 3. The van der Waals surface area contributed by atoms with Crippen LogP contribution in [-0.2, 0) is 6.42 Å². The Bertz CT molecular complexity index is 1480. The zero-order valence-corrected chi connectivity index (χ0v) is 23.4. The van der Waals surface area contributed by atoms with Gasteiger partial charge in [-0.3, -0.25) is 4.79 Å². The van der Waals surface area contributed by atoms with Crippen molar-refractivity contribution in [3.8, 4) is 17.6 Å². The van der Waals surface area contributed by atoms with Crippen LogP contribution in [0.25, 0.3) is 5.52 Å². The Labute approximate surface area is 235 Å². The quantitative estimate of drug-likeness (QED) is 0.368. The fourth-order valence-electron chi connectivity index (χ4n) is 5.11. The number of ether oxygens (including phenoxy) is 1. The first-order chi connectivity index (χ1) is 19.2. The third-order valence-corrected chi connectivity index (χ3v) is 8.34. The zero-order chi connectivity index (χ0) is 28.4. The van der Waals surface area contributed by atoms with Gasteiger partial charge in [-0.15, -0.1) is 0 Å². The predicted octanol–water partition coefficient (Wildman–Crippen LogP) is 4.86. The van der Waals surface area contributed by atoms with Crippen molar-refractivity contribution in [2.24, 2.45) is 0 Å². The maximum absolute atomic E-state index is 14.8. The van der Waals surface area contributed by atoms with E-state index in [9.17, 15) is 18.0 Å². The minimum absolute atomic E-state index is 0.221. The van der Waals surface area contributed by atoms with Crippen molar-refractivity contribution in [1.82, 2.24) is 14.6 Å². The van der Waals surface area contributed by atoms with Gasteiger partial charge < -0.3 is 30.0 Å². The molecule has 0 saturated carbocycles. The van der Waals surface area contributed by atoms with Gasteiger partial charge in [-0.25, -0.2) is 4.39 Å². The first-order valence-electron chi connectivity index (χ1n) is 13.2. The molecule has 5 rings (SSSR count). The molecule has 2 aliphatic rings. The molecule has 1 saturated heterocycles. The number of pyridine rings is 1. The Kier molecular flexibility index (Phi) is 8.10. The third-order valence-electron chi connectivity index (χ3n) is 7.25. The normalized spacial score (nSPS) is 20.2. The van der Waals surface area contributed by atoms with Gasteiger partial charge in [-0.05, 0) is 68.0 Å². The van der Waals surface area contributed by atoms with Crippen LogP contribution in [0.2, 0.25) is 0 Å². The second-order valence-electron chi connectivity index (χ2n) is 10.0. The van der Waals surface area contributed by atoms with Crippen LogP contribution in [0.4, 0.5) is 24.5 Å². The number of piperidine rings is 1. The van der Waals surface area contributed by atoms with E-state index in [0.717, 1.165) is 12.2 Å². The van der Waals surface area contributed by atoms with Crippen LogP contribution in [0.5, 0.6) is 5.75 Å². The molecule has 2 aromatic heterocycles. The van der Waals surface area contributed by atoms with Crippen LogP contribution in [-0.4, -0.2) is 73.5 Å². The molecule has 3 aromatic rings. The lowest BCUT2D eigenvalue weighted by atomic mass is 10.0. The Hall–Kier alpha value is -3.49. The summed E-state index contributed by atoms with van der Waals surface area (Å²) in [5.74, 6) is 6.37. The number of halogens is 3. The number of anilines is 2. The van der Waals surface area contributed by atoms with E-state index in [0.29, 0.717) is 63.5 Å². The molecule has 1 amide bonds. The minimum Gasteiger partial charge on any atom is -0.495 e. The highest BCUT2D eigenvalue weighted by Gasteiger charge is 2.36. The highest BCUT2D eigenvalue weighted by Crippen LogP contribution is 2.45. The van der Waals surface area contributed by atoms with Gasteiger partial charge in [-0.1, -0.05) is 11.8 Å². The van der Waals surface area contributed by atoms with Crippen molar-refractivity contribution in [2.45, 2.75) is 41.8 Å². The lowest BCUT2D eigenvalue weighted by Crippen LogP contribution is -2.46. The number of alkyl halides is 3. The van der Waals surface area contributed by atoms with E-state index in [-0.39, 0.29) is 31.3 Å². The number of thioether (sulfide) groups is 1. The summed E-state index contributed by atoms with van der Waals surface area (Å²) in [5, 5.41) is 6.54. The molecule has 0 unspecified atom stereocenters. The van der Waals surface area contributed by atoms with Crippen molar-refractivity contribution in [3.05, 3.63) is 53.2 Å². The molecule has 0 radical (unpaired) electrons. The fourth-order valence-corrected chi connectivity index (χ4v) is 6.12. The minimum atomic E-state index is -2.94. The van der Waals surface area contributed by atoms with E-state index in [1.165, 1.54) is 7.11 Å². The molecule has 212 valence electrons. The van der Waals surface area contributed by atoms with E-state index in [1.807, 2.05) is 34.5 Å². The second kappa shape index (κ2) is 11.6. The molecule has 2 aliphatic heterocycles. The molecule has 4 heterocycles. The standard InChI is InChI=1S/C29H32F3N5O2S/c1-33-27(38)18-6-8-24(26(16-18)39-3)34-13-4-5-19-15-25-23(35-22-11-14-36(2)17-21(22)30)9-7-20-10-12-29(31,32)40-28(19)37(20)25/h6-9,15-16,21-22,34-35H,10-14,17H2,1-3H3,(H,33,38)/t21-,22+/m0/s1. The number of aryl methyl sites for hydroxylation is 1. The first-order valence-corrected chi connectivity index (χ1v) is 14.0. The largest absolute Gasteiger partial charge is 0.495 e. The van der Waals surface area contributed by atoms with Crippen molar-refractivity contribution in [1.29, 1.82) is 0 Å². The predicted molar refractivity (Wildman–Crippen MR) is 153 cm³/mol. The molecule has 7 nitrogen and oxygen atoms in total. The first kappa shape index (κ1) is 28.1. The summed E-state index contributed by atoms with van der Waals surface area (Å²) >= 11 is 0.524. The van der Waals surface area contributed by atoms with Gasteiger partial charge in [-0.2, -0.15) is 8.78 Å². The number of likely N-dealkylation sites (tertiary alicyclic amines) is 1. The Balaban J connectivity index is 1.43. The van der Waals surface area contributed by atoms with Gasteiger partial charge in [0.2, 0.25) is 0 Å². The van der Waals surface area contributed by atoms with Crippen LogP contribution in [0.1, 0.15) is 34.5 Å². The Morgan fingerprint density at radius 1 is 1.23 bits per heavy atom. The average molecular weight is 572 g/mol. The molecule has 11 heteroatoms. The third kappa shape index (κ3) is 5.83. The summed E-state index contributed by atoms with van der Waals surface area (Å²) in [6, 6.07) is 10.2. The highest BCUT2D eigenvalue weighted by atomic mass is 32.2.